The number of rotatable bonds is 3. The van der Waals surface area contributed by atoms with Gasteiger partial charge < -0.3 is 5.32 Å². The summed E-state index contributed by atoms with van der Waals surface area (Å²) in [4.78, 5) is 6.68. The smallest absolute Gasteiger partial charge is 0.129 e. The van der Waals surface area contributed by atoms with E-state index in [4.69, 9.17) is 11.6 Å². The molecular formula is C13H20ClN3. The number of halogens is 1. The summed E-state index contributed by atoms with van der Waals surface area (Å²) in [7, 11) is 0. The Labute approximate surface area is 108 Å². The van der Waals surface area contributed by atoms with Crippen LogP contribution in [0.15, 0.2) is 18.3 Å². The highest BCUT2D eigenvalue weighted by Gasteiger charge is 2.27. The average molecular weight is 254 g/mol. The van der Waals surface area contributed by atoms with Gasteiger partial charge in [0.05, 0.1) is 0 Å². The molecule has 1 saturated heterocycles. The minimum atomic E-state index is 0.178. The normalized spacial score (nSPS) is 18.3. The molecule has 0 spiro atoms. The number of pyridine rings is 1. The van der Waals surface area contributed by atoms with Crippen molar-refractivity contribution in [3.63, 3.8) is 0 Å². The first kappa shape index (κ1) is 12.8. The van der Waals surface area contributed by atoms with Crippen LogP contribution in [0.3, 0.4) is 0 Å². The highest BCUT2D eigenvalue weighted by atomic mass is 35.5. The predicted octanol–water partition coefficient (Wildman–Crippen LogP) is 1.96. The van der Waals surface area contributed by atoms with Crippen LogP contribution >= 0.6 is 11.6 Å². The summed E-state index contributed by atoms with van der Waals surface area (Å²) in [6, 6.07) is 3.93. The molecule has 4 heteroatoms. The van der Waals surface area contributed by atoms with E-state index >= 15 is 0 Å². The Morgan fingerprint density at radius 3 is 2.65 bits per heavy atom. The fourth-order valence-corrected chi connectivity index (χ4v) is 2.50. The molecule has 0 atom stereocenters. The molecule has 2 rings (SSSR count). The largest absolute Gasteiger partial charge is 0.314 e. The standard InChI is InChI=1S/C13H20ClN3/c1-13(2,17-7-5-15-6-8-17)9-11-3-4-12(14)16-10-11/h3-4,10,15H,5-9H2,1-2H3. The Morgan fingerprint density at radius 1 is 1.35 bits per heavy atom. The second-order valence-electron chi connectivity index (χ2n) is 5.22. The van der Waals surface area contributed by atoms with Crippen molar-refractivity contribution in [3.8, 4) is 0 Å². The molecule has 0 saturated carbocycles. The number of hydrogen-bond donors (Lipinski definition) is 1. The van der Waals surface area contributed by atoms with Gasteiger partial charge in [0, 0.05) is 37.9 Å². The van der Waals surface area contributed by atoms with Crippen molar-refractivity contribution in [1.29, 1.82) is 0 Å². The van der Waals surface area contributed by atoms with Crippen molar-refractivity contribution in [2.75, 3.05) is 26.2 Å². The maximum absolute atomic E-state index is 5.80. The third-order valence-corrected chi connectivity index (χ3v) is 3.62. The van der Waals surface area contributed by atoms with E-state index in [1.807, 2.05) is 12.3 Å². The van der Waals surface area contributed by atoms with Crippen LogP contribution in [0.1, 0.15) is 19.4 Å². The van der Waals surface area contributed by atoms with Crippen LogP contribution in [0.5, 0.6) is 0 Å². The summed E-state index contributed by atoms with van der Waals surface area (Å²) < 4.78 is 0. The highest BCUT2D eigenvalue weighted by molar-refractivity contribution is 6.29. The maximum Gasteiger partial charge on any atom is 0.129 e. The molecule has 1 aliphatic rings. The van der Waals surface area contributed by atoms with Gasteiger partial charge in [-0.05, 0) is 31.9 Å². The van der Waals surface area contributed by atoms with Gasteiger partial charge in [-0.3, -0.25) is 4.90 Å². The van der Waals surface area contributed by atoms with Crippen LogP contribution in [0.2, 0.25) is 5.15 Å². The SMILES string of the molecule is CC(C)(Cc1ccc(Cl)nc1)N1CCNCC1. The molecule has 1 N–H and O–H groups in total. The van der Waals surface area contributed by atoms with Crippen molar-refractivity contribution >= 4 is 11.6 Å². The molecule has 0 amide bonds. The second kappa shape index (κ2) is 5.34. The van der Waals surface area contributed by atoms with E-state index in [-0.39, 0.29) is 5.54 Å². The lowest BCUT2D eigenvalue weighted by Crippen LogP contribution is -2.54. The average Bonchev–Trinajstić information content (AvgIpc) is 2.33. The molecule has 2 heterocycles. The lowest BCUT2D eigenvalue weighted by molar-refractivity contribution is 0.103. The fraction of sp³-hybridized carbons (Fsp3) is 0.615. The quantitative estimate of drug-likeness (QED) is 0.835. The van der Waals surface area contributed by atoms with Crippen LogP contribution < -0.4 is 5.32 Å². The molecule has 1 aromatic heterocycles. The molecular weight excluding hydrogens is 234 g/mol. The predicted molar refractivity (Wildman–Crippen MR) is 71.5 cm³/mol. The van der Waals surface area contributed by atoms with Crippen LogP contribution in [0.4, 0.5) is 0 Å². The molecule has 0 radical (unpaired) electrons. The number of piperazine rings is 1. The van der Waals surface area contributed by atoms with Crippen molar-refractivity contribution in [3.05, 3.63) is 29.0 Å². The molecule has 1 fully saturated rings. The second-order valence-corrected chi connectivity index (χ2v) is 5.60. The molecule has 0 bridgehead atoms. The van der Waals surface area contributed by atoms with Gasteiger partial charge in [-0.1, -0.05) is 17.7 Å². The van der Waals surface area contributed by atoms with Crippen molar-refractivity contribution in [2.45, 2.75) is 25.8 Å². The first-order valence-electron chi connectivity index (χ1n) is 6.14. The molecule has 1 aliphatic heterocycles. The van der Waals surface area contributed by atoms with Crippen LogP contribution in [-0.2, 0) is 6.42 Å². The number of aromatic nitrogens is 1. The van der Waals surface area contributed by atoms with Crippen LogP contribution in [-0.4, -0.2) is 41.6 Å². The van der Waals surface area contributed by atoms with Gasteiger partial charge in [0.2, 0.25) is 0 Å². The Kier molecular flexibility index (Phi) is 4.02. The maximum atomic E-state index is 5.80. The van der Waals surface area contributed by atoms with Gasteiger partial charge in [-0.2, -0.15) is 0 Å². The van der Waals surface area contributed by atoms with E-state index in [9.17, 15) is 0 Å². The van der Waals surface area contributed by atoms with Gasteiger partial charge in [0.25, 0.3) is 0 Å². The van der Waals surface area contributed by atoms with E-state index in [1.165, 1.54) is 5.56 Å². The zero-order valence-electron chi connectivity index (χ0n) is 10.5. The van der Waals surface area contributed by atoms with E-state index in [0.717, 1.165) is 32.6 Å². The van der Waals surface area contributed by atoms with E-state index in [0.29, 0.717) is 5.15 Å². The summed E-state index contributed by atoms with van der Waals surface area (Å²) in [5, 5.41) is 3.95. The Hall–Kier alpha value is -0.640. The first-order valence-corrected chi connectivity index (χ1v) is 6.52. The van der Waals surface area contributed by atoms with Crippen LogP contribution in [0, 0.1) is 0 Å². The summed E-state index contributed by atoms with van der Waals surface area (Å²) >= 11 is 5.80. The Morgan fingerprint density at radius 2 is 2.06 bits per heavy atom. The topological polar surface area (TPSA) is 28.2 Å². The third-order valence-electron chi connectivity index (χ3n) is 3.40. The molecule has 1 aromatic rings. The lowest BCUT2D eigenvalue weighted by atomic mass is 9.93. The summed E-state index contributed by atoms with van der Waals surface area (Å²) in [5.41, 5.74) is 1.43. The van der Waals surface area contributed by atoms with Crippen molar-refractivity contribution in [1.82, 2.24) is 15.2 Å². The van der Waals surface area contributed by atoms with E-state index < -0.39 is 0 Å². The summed E-state index contributed by atoms with van der Waals surface area (Å²) in [5.74, 6) is 0. The minimum Gasteiger partial charge on any atom is -0.314 e. The zero-order chi connectivity index (χ0) is 12.3. The van der Waals surface area contributed by atoms with E-state index in [1.54, 1.807) is 0 Å². The monoisotopic (exact) mass is 253 g/mol. The van der Waals surface area contributed by atoms with Gasteiger partial charge in [0.1, 0.15) is 5.15 Å². The molecule has 94 valence electrons. The highest BCUT2D eigenvalue weighted by Crippen LogP contribution is 2.21. The zero-order valence-corrected chi connectivity index (χ0v) is 11.3. The lowest BCUT2D eigenvalue weighted by Gasteiger charge is -2.41. The van der Waals surface area contributed by atoms with Crippen molar-refractivity contribution in [2.24, 2.45) is 0 Å². The van der Waals surface area contributed by atoms with Gasteiger partial charge in [0.15, 0.2) is 0 Å². The summed E-state index contributed by atoms with van der Waals surface area (Å²) in [6.07, 6.45) is 2.89. The fourth-order valence-electron chi connectivity index (χ4n) is 2.39. The summed E-state index contributed by atoms with van der Waals surface area (Å²) in [6.45, 7) is 9.01. The molecule has 0 unspecified atom stereocenters. The molecule has 0 aliphatic carbocycles. The van der Waals surface area contributed by atoms with Crippen LogP contribution in [0.25, 0.3) is 0 Å². The molecule has 0 aromatic carbocycles. The van der Waals surface area contributed by atoms with Crippen molar-refractivity contribution < 1.29 is 0 Å². The van der Waals surface area contributed by atoms with Gasteiger partial charge in [-0.25, -0.2) is 4.98 Å². The number of nitrogens with zero attached hydrogens (tertiary/aromatic N) is 2. The molecule has 3 nitrogen and oxygen atoms in total. The number of nitrogens with one attached hydrogen (secondary N) is 1. The minimum absolute atomic E-state index is 0.178. The van der Waals surface area contributed by atoms with E-state index in [2.05, 4.69) is 35.1 Å². The Bertz CT molecular complexity index is 355. The Balaban J connectivity index is 2.02. The third kappa shape index (κ3) is 3.41. The molecule has 17 heavy (non-hydrogen) atoms. The van der Waals surface area contributed by atoms with Gasteiger partial charge >= 0.3 is 0 Å². The first-order chi connectivity index (χ1) is 8.08. The number of hydrogen-bond acceptors (Lipinski definition) is 3. The van der Waals surface area contributed by atoms with Gasteiger partial charge in [-0.15, -0.1) is 0 Å².